The van der Waals surface area contributed by atoms with E-state index in [9.17, 15) is 5.11 Å². The second-order valence-corrected chi connectivity index (χ2v) is 4.63. The van der Waals surface area contributed by atoms with E-state index in [0.717, 1.165) is 38.9 Å². The summed E-state index contributed by atoms with van der Waals surface area (Å²) in [6, 6.07) is 0.367. The summed E-state index contributed by atoms with van der Waals surface area (Å²) < 4.78 is 0. The summed E-state index contributed by atoms with van der Waals surface area (Å²) in [5.41, 5.74) is 0. The van der Waals surface area contributed by atoms with Crippen LogP contribution in [0.25, 0.3) is 0 Å². The molecule has 2 fully saturated rings. The Morgan fingerprint density at radius 1 is 1.00 bits per heavy atom. The van der Waals surface area contributed by atoms with Gasteiger partial charge in [0.25, 0.3) is 0 Å². The average molecular weight is 198 g/mol. The Labute approximate surface area is 86.3 Å². The van der Waals surface area contributed by atoms with E-state index in [2.05, 4.69) is 10.6 Å². The van der Waals surface area contributed by atoms with Gasteiger partial charge < -0.3 is 15.7 Å². The molecule has 2 saturated heterocycles. The van der Waals surface area contributed by atoms with Gasteiger partial charge in [0.05, 0.1) is 6.10 Å². The Hall–Kier alpha value is -0.120. The highest BCUT2D eigenvalue weighted by Gasteiger charge is 2.29. The first-order chi connectivity index (χ1) is 6.88. The van der Waals surface area contributed by atoms with Gasteiger partial charge >= 0.3 is 0 Å². The molecular weight excluding hydrogens is 176 g/mol. The Morgan fingerprint density at radius 2 is 1.79 bits per heavy atom. The fraction of sp³-hybridized carbons (Fsp3) is 1.00. The summed E-state index contributed by atoms with van der Waals surface area (Å²) in [5.74, 6) is 0.520. The lowest BCUT2D eigenvalue weighted by Crippen LogP contribution is -2.48. The summed E-state index contributed by atoms with van der Waals surface area (Å²) in [4.78, 5) is 0. The topological polar surface area (TPSA) is 44.3 Å². The molecule has 3 heteroatoms. The number of nitrogens with one attached hydrogen (secondary N) is 2. The van der Waals surface area contributed by atoms with Gasteiger partial charge in [0.1, 0.15) is 0 Å². The van der Waals surface area contributed by atoms with Crippen molar-refractivity contribution >= 4 is 0 Å². The Balaban J connectivity index is 1.82. The van der Waals surface area contributed by atoms with Crippen LogP contribution in [0.5, 0.6) is 0 Å². The first kappa shape index (κ1) is 10.4. The minimum atomic E-state index is -0.114. The number of aliphatic hydroxyl groups excluding tert-OH is 1. The maximum atomic E-state index is 10.2. The maximum absolute atomic E-state index is 10.2. The normalized spacial score (nSPS) is 32.8. The molecule has 3 N–H and O–H groups in total. The molecule has 2 aliphatic rings. The molecule has 0 spiro atoms. The molecule has 0 aliphatic carbocycles. The van der Waals surface area contributed by atoms with Crippen molar-refractivity contribution in [2.45, 2.75) is 44.2 Å². The van der Waals surface area contributed by atoms with Gasteiger partial charge in [0.15, 0.2) is 0 Å². The summed E-state index contributed by atoms with van der Waals surface area (Å²) >= 11 is 0. The summed E-state index contributed by atoms with van der Waals surface area (Å²) in [6.07, 6.45) is 5.87. The lowest BCUT2D eigenvalue weighted by atomic mass is 9.85. The molecule has 0 aromatic carbocycles. The molecule has 2 aliphatic heterocycles. The second-order valence-electron chi connectivity index (χ2n) is 4.63. The van der Waals surface area contributed by atoms with Gasteiger partial charge in [-0.25, -0.2) is 0 Å². The van der Waals surface area contributed by atoms with Gasteiger partial charge in [-0.2, -0.15) is 0 Å². The van der Waals surface area contributed by atoms with Crippen molar-refractivity contribution < 1.29 is 5.11 Å². The Morgan fingerprint density at radius 3 is 2.43 bits per heavy atom. The Bertz CT molecular complexity index is 145. The molecule has 0 aromatic heterocycles. The highest BCUT2D eigenvalue weighted by molar-refractivity contribution is 4.86. The molecule has 0 aromatic rings. The molecule has 0 radical (unpaired) electrons. The fourth-order valence-corrected chi connectivity index (χ4v) is 2.68. The van der Waals surface area contributed by atoms with Crippen LogP contribution >= 0.6 is 0 Å². The molecular formula is C11H22N2O. The van der Waals surface area contributed by atoms with Crippen LogP contribution < -0.4 is 10.6 Å². The van der Waals surface area contributed by atoms with Crippen molar-refractivity contribution in [3.8, 4) is 0 Å². The predicted octanol–water partition coefficient (Wildman–Crippen LogP) is 0.489. The van der Waals surface area contributed by atoms with E-state index in [1.54, 1.807) is 0 Å². The van der Waals surface area contributed by atoms with E-state index >= 15 is 0 Å². The van der Waals surface area contributed by atoms with Crippen molar-refractivity contribution in [2.75, 3.05) is 19.6 Å². The van der Waals surface area contributed by atoms with Gasteiger partial charge in [-0.05, 0) is 51.2 Å². The first-order valence-electron chi connectivity index (χ1n) is 6.00. The standard InChI is InChI=1S/C11H22N2O/c14-11(9-4-7-12-8-5-9)10-3-1-2-6-13-10/h9-14H,1-8H2. The van der Waals surface area contributed by atoms with Crippen molar-refractivity contribution in [3.05, 3.63) is 0 Å². The average Bonchev–Trinajstić information content (AvgIpc) is 2.30. The van der Waals surface area contributed by atoms with E-state index in [0.29, 0.717) is 12.0 Å². The molecule has 0 amide bonds. The van der Waals surface area contributed by atoms with E-state index in [1.165, 1.54) is 12.8 Å². The highest BCUT2D eigenvalue weighted by Crippen LogP contribution is 2.22. The molecule has 2 unspecified atom stereocenters. The monoisotopic (exact) mass is 198 g/mol. The second kappa shape index (κ2) is 5.10. The largest absolute Gasteiger partial charge is 0.391 e. The minimum Gasteiger partial charge on any atom is -0.391 e. The zero-order chi connectivity index (χ0) is 9.80. The van der Waals surface area contributed by atoms with Crippen LogP contribution in [0.2, 0.25) is 0 Å². The zero-order valence-corrected chi connectivity index (χ0v) is 8.84. The molecule has 2 heterocycles. The van der Waals surface area contributed by atoms with Crippen LogP contribution in [0.3, 0.4) is 0 Å². The Kier molecular flexibility index (Phi) is 3.79. The summed E-state index contributed by atoms with van der Waals surface area (Å²) in [6.45, 7) is 3.25. The molecule has 0 bridgehead atoms. The van der Waals surface area contributed by atoms with Gasteiger partial charge in [-0.3, -0.25) is 0 Å². The molecule has 14 heavy (non-hydrogen) atoms. The number of rotatable bonds is 2. The molecule has 82 valence electrons. The lowest BCUT2D eigenvalue weighted by molar-refractivity contribution is 0.0445. The smallest absolute Gasteiger partial charge is 0.0722 e. The van der Waals surface area contributed by atoms with Crippen LogP contribution in [0.15, 0.2) is 0 Å². The summed E-state index contributed by atoms with van der Waals surface area (Å²) in [5, 5.41) is 17.0. The number of hydrogen-bond acceptors (Lipinski definition) is 3. The molecule has 2 rings (SSSR count). The van der Waals surface area contributed by atoms with Crippen molar-refractivity contribution in [1.82, 2.24) is 10.6 Å². The van der Waals surface area contributed by atoms with Gasteiger partial charge in [-0.15, -0.1) is 0 Å². The van der Waals surface area contributed by atoms with Crippen molar-refractivity contribution in [3.63, 3.8) is 0 Å². The number of piperidine rings is 2. The fourth-order valence-electron chi connectivity index (χ4n) is 2.68. The number of hydrogen-bond donors (Lipinski definition) is 3. The minimum absolute atomic E-state index is 0.114. The van der Waals surface area contributed by atoms with Gasteiger partial charge in [0, 0.05) is 6.04 Å². The third-order valence-electron chi connectivity index (χ3n) is 3.63. The molecule has 0 saturated carbocycles. The highest BCUT2D eigenvalue weighted by atomic mass is 16.3. The summed E-state index contributed by atoms with van der Waals surface area (Å²) in [7, 11) is 0. The third kappa shape index (κ3) is 2.47. The van der Waals surface area contributed by atoms with Crippen LogP contribution in [-0.4, -0.2) is 36.9 Å². The maximum Gasteiger partial charge on any atom is 0.0722 e. The van der Waals surface area contributed by atoms with Crippen LogP contribution in [-0.2, 0) is 0 Å². The van der Waals surface area contributed by atoms with E-state index in [-0.39, 0.29) is 6.10 Å². The van der Waals surface area contributed by atoms with Gasteiger partial charge in [0.2, 0.25) is 0 Å². The SMILES string of the molecule is OC(C1CCNCC1)C1CCCCN1. The first-order valence-corrected chi connectivity index (χ1v) is 6.00. The molecule has 2 atom stereocenters. The van der Waals surface area contributed by atoms with E-state index in [1.807, 2.05) is 0 Å². The van der Waals surface area contributed by atoms with Crippen molar-refractivity contribution in [1.29, 1.82) is 0 Å². The predicted molar refractivity (Wildman–Crippen MR) is 57.2 cm³/mol. The van der Waals surface area contributed by atoms with Crippen LogP contribution in [0.1, 0.15) is 32.1 Å². The number of aliphatic hydroxyl groups is 1. The zero-order valence-electron chi connectivity index (χ0n) is 8.84. The van der Waals surface area contributed by atoms with Crippen LogP contribution in [0.4, 0.5) is 0 Å². The molecule has 3 nitrogen and oxygen atoms in total. The third-order valence-corrected chi connectivity index (χ3v) is 3.63. The lowest BCUT2D eigenvalue weighted by Gasteiger charge is -2.35. The van der Waals surface area contributed by atoms with E-state index in [4.69, 9.17) is 0 Å². The van der Waals surface area contributed by atoms with Crippen molar-refractivity contribution in [2.24, 2.45) is 5.92 Å². The van der Waals surface area contributed by atoms with Gasteiger partial charge in [-0.1, -0.05) is 6.42 Å². The van der Waals surface area contributed by atoms with E-state index < -0.39 is 0 Å². The quantitative estimate of drug-likeness (QED) is 0.605. The van der Waals surface area contributed by atoms with Crippen LogP contribution in [0, 0.1) is 5.92 Å².